The van der Waals surface area contributed by atoms with Crippen molar-refractivity contribution in [3.05, 3.63) is 65.9 Å². The molecule has 1 fully saturated rings. The topological polar surface area (TPSA) is 96.5 Å². The molecule has 8 nitrogen and oxygen atoms in total. The number of aryl methyl sites for hydroxylation is 1. The summed E-state index contributed by atoms with van der Waals surface area (Å²) in [6.07, 6.45) is -4.54. The molecule has 2 N–H and O–H groups in total. The van der Waals surface area contributed by atoms with Crippen molar-refractivity contribution in [2.75, 3.05) is 41.2 Å². The first-order valence-corrected chi connectivity index (χ1v) is 11.8. The molecule has 4 rings (SSSR count). The van der Waals surface area contributed by atoms with Gasteiger partial charge in [0, 0.05) is 36.2 Å². The number of rotatable bonds is 6. The Morgan fingerprint density at radius 3 is 2.18 bits per heavy atom. The number of nitrogens with zero attached hydrogens (tertiary/aromatic N) is 3. The zero-order chi connectivity index (χ0) is 24.3. The van der Waals surface area contributed by atoms with Crippen LogP contribution in [0, 0.1) is 6.92 Å². The predicted molar refractivity (Wildman–Crippen MR) is 122 cm³/mol. The van der Waals surface area contributed by atoms with Crippen molar-refractivity contribution >= 4 is 33.2 Å². The van der Waals surface area contributed by atoms with Crippen LogP contribution in [-0.4, -0.2) is 44.7 Å². The van der Waals surface area contributed by atoms with E-state index < -0.39 is 21.8 Å². The lowest BCUT2D eigenvalue weighted by Gasteiger charge is -2.27. The van der Waals surface area contributed by atoms with Gasteiger partial charge in [0.2, 0.25) is 5.95 Å². The molecule has 2 heterocycles. The molecular formula is C22H22F3N5O3S. The van der Waals surface area contributed by atoms with Gasteiger partial charge in [0.05, 0.1) is 23.7 Å². The van der Waals surface area contributed by atoms with Crippen LogP contribution >= 0.6 is 0 Å². The van der Waals surface area contributed by atoms with Crippen molar-refractivity contribution in [2.24, 2.45) is 0 Å². The smallest absolute Gasteiger partial charge is 0.378 e. The van der Waals surface area contributed by atoms with Gasteiger partial charge in [0.15, 0.2) is 0 Å². The minimum Gasteiger partial charge on any atom is -0.378 e. The monoisotopic (exact) mass is 493 g/mol. The second-order valence-electron chi connectivity index (χ2n) is 7.62. The summed E-state index contributed by atoms with van der Waals surface area (Å²) in [6, 6.07) is 11.5. The Balaban J connectivity index is 1.45. The lowest BCUT2D eigenvalue weighted by Crippen LogP contribution is -2.37. The van der Waals surface area contributed by atoms with E-state index in [4.69, 9.17) is 4.74 Å². The summed E-state index contributed by atoms with van der Waals surface area (Å²) in [7, 11) is -4.05. The fraction of sp³-hybridized carbons (Fsp3) is 0.273. The molecule has 0 spiro atoms. The number of morpholine rings is 1. The summed E-state index contributed by atoms with van der Waals surface area (Å²) in [4.78, 5) is 10.8. The van der Waals surface area contributed by atoms with Gasteiger partial charge in [-0.2, -0.15) is 18.2 Å². The van der Waals surface area contributed by atoms with Crippen molar-refractivity contribution in [3.63, 3.8) is 0 Å². The molecule has 180 valence electrons. The van der Waals surface area contributed by atoms with E-state index in [0.717, 1.165) is 30.0 Å². The van der Waals surface area contributed by atoms with Gasteiger partial charge in [0.25, 0.3) is 10.0 Å². The maximum atomic E-state index is 12.7. The van der Waals surface area contributed by atoms with Gasteiger partial charge in [-0.25, -0.2) is 13.4 Å². The molecule has 1 aliphatic rings. The number of benzene rings is 2. The van der Waals surface area contributed by atoms with Crippen molar-refractivity contribution in [3.8, 4) is 0 Å². The van der Waals surface area contributed by atoms with Gasteiger partial charge >= 0.3 is 6.18 Å². The molecule has 0 radical (unpaired) electrons. The highest BCUT2D eigenvalue weighted by atomic mass is 32.2. The van der Waals surface area contributed by atoms with E-state index in [1.807, 2.05) is 11.8 Å². The predicted octanol–water partition coefficient (Wildman–Crippen LogP) is 4.18. The van der Waals surface area contributed by atoms with E-state index in [-0.39, 0.29) is 10.6 Å². The minimum absolute atomic E-state index is 0.262. The molecule has 0 atom stereocenters. The Kier molecular flexibility index (Phi) is 6.62. The molecule has 1 saturated heterocycles. The molecule has 0 saturated carbocycles. The average molecular weight is 494 g/mol. The standard InChI is InChI=1S/C22H22F3N5O3S/c1-15-14-20(28-21(26-15)30-10-12-33-13-11-30)27-17-4-6-18(7-5-17)29-34(31,32)19-8-2-16(3-9-19)22(23,24)25/h2-9,14,29H,10-13H2,1H3,(H,26,27,28). The third kappa shape index (κ3) is 5.75. The molecular weight excluding hydrogens is 471 g/mol. The number of nitrogens with one attached hydrogen (secondary N) is 2. The third-order valence-electron chi connectivity index (χ3n) is 5.04. The van der Waals surface area contributed by atoms with E-state index in [0.29, 0.717) is 43.8 Å². The van der Waals surface area contributed by atoms with Crippen LogP contribution in [-0.2, 0) is 20.9 Å². The van der Waals surface area contributed by atoms with Crippen LogP contribution in [0.25, 0.3) is 0 Å². The number of alkyl halides is 3. The Morgan fingerprint density at radius 1 is 0.941 bits per heavy atom. The summed E-state index contributed by atoms with van der Waals surface area (Å²) < 4.78 is 70.9. The molecule has 0 aliphatic carbocycles. The van der Waals surface area contributed by atoms with Crippen molar-refractivity contribution in [1.82, 2.24) is 9.97 Å². The molecule has 34 heavy (non-hydrogen) atoms. The fourth-order valence-corrected chi connectivity index (χ4v) is 4.39. The van der Waals surface area contributed by atoms with Gasteiger partial charge in [-0.15, -0.1) is 0 Å². The molecule has 2 aromatic carbocycles. The first kappa shape index (κ1) is 23.8. The molecule has 0 bridgehead atoms. The summed E-state index contributed by atoms with van der Waals surface area (Å²) in [5.74, 6) is 1.19. The highest BCUT2D eigenvalue weighted by molar-refractivity contribution is 7.92. The summed E-state index contributed by atoms with van der Waals surface area (Å²) in [5.41, 5.74) is 0.806. The molecule has 1 aliphatic heterocycles. The molecule has 3 aromatic rings. The van der Waals surface area contributed by atoms with Gasteiger partial charge < -0.3 is 15.0 Å². The average Bonchev–Trinajstić information content (AvgIpc) is 2.80. The van der Waals surface area contributed by atoms with Crippen LogP contribution in [0.5, 0.6) is 0 Å². The highest BCUT2D eigenvalue weighted by Crippen LogP contribution is 2.30. The van der Waals surface area contributed by atoms with Crippen LogP contribution in [0.2, 0.25) is 0 Å². The Morgan fingerprint density at radius 2 is 1.56 bits per heavy atom. The molecule has 0 amide bonds. The zero-order valence-corrected chi connectivity index (χ0v) is 18.9. The molecule has 1 aromatic heterocycles. The van der Waals surface area contributed by atoms with Gasteiger partial charge in [-0.1, -0.05) is 0 Å². The van der Waals surface area contributed by atoms with Gasteiger partial charge in [-0.05, 0) is 55.5 Å². The molecule has 12 heteroatoms. The lowest BCUT2D eigenvalue weighted by molar-refractivity contribution is -0.137. The van der Waals surface area contributed by atoms with Crippen molar-refractivity contribution in [1.29, 1.82) is 0 Å². The summed E-state index contributed by atoms with van der Waals surface area (Å²) in [6.45, 7) is 4.51. The quantitative estimate of drug-likeness (QED) is 0.532. The second-order valence-corrected chi connectivity index (χ2v) is 9.31. The first-order valence-electron chi connectivity index (χ1n) is 10.4. The minimum atomic E-state index is -4.54. The third-order valence-corrected chi connectivity index (χ3v) is 6.44. The van der Waals surface area contributed by atoms with Crippen LogP contribution in [0.15, 0.2) is 59.5 Å². The number of ether oxygens (including phenoxy) is 1. The second kappa shape index (κ2) is 9.47. The van der Waals surface area contributed by atoms with Crippen LogP contribution in [0.4, 0.5) is 36.3 Å². The highest BCUT2D eigenvalue weighted by Gasteiger charge is 2.30. The van der Waals surface area contributed by atoms with Crippen molar-refractivity contribution in [2.45, 2.75) is 18.0 Å². The van der Waals surface area contributed by atoms with Gasteiger partial charge in [-0.3, -0.25) is 4.72 Å². The maximum Gasteiger partial charge on any atom is 0.416 e. The Labute approximate surface area is 194 Å². The van der Waals surface area contributed by atoms with Crippen LogP contribution in [0.1, 0.15) is 11.3 Å². The normalized spacial score (nSPS) is 14.6. The van der Waals surface area contributed by atoms with Crippen LogP contribution < -0.4 is 14.9 Å². The SMILES string of the molecule is Cc1cc(Nc2ccc(NS(=O)(=O)c3ccc(C(F)(F)F)cc3)cc2)nc(N2CCOCC2)n1. The number of aromatic nitrogens is 2. The fourth-order valence-electron chi connectivity index (χ4n) is 3.33. The summed E-state index contributed by atoms with van der Waals surface area (Å²) >= 11 is 0. The number of sulfonamides is 1. The molecule has 0 unspecified atom stereocenters. The number of hydrogen-bond donors (Lipinski definition) is 2. The van der Waals surface area contributed by atoms with Gasteiger partial charge in [0.1, 0.15) is 5.82 Å². The van der Waals surface area contributed by atoms with Crippen molar-refractivity contribution < 1.29 is 26.3 Å². The number of halogens is 3. The van der Waals surface area contributed by atoms with E-state index in [2.05, 4.69) is 20.0 Å². The van der Waals surface area contributed by atoms with Crippen LogP contribution in [0.3, 0.4) is 0 Å². The van der Waals surface area contributed by atoms with E-state index in [9.17, 15) is 21.6 Å². The number of hydrogen-bond acceptors (Lipinski definition) is 7. The lowest BCUT2D eigenvalue weighted by atomic mass is 10.2. The number of anilines is 4. The summed E-state index contributed by atoms with van der Waals surface area (Å²) in [5, 5.41) is 3.17. The zero-order valence-electron chi connectivity index (χ0n) is 18.1. The van der Waals surface area contributed by atoms with E-state index in [1.165, 1.54) is 0 Å². The van der Waals surface area contributed by atoms with E-state index >= 15 is 0 Å². The largest absolute Gasteiger partial charge is 0.416 e. The Hall–Kier alpha value is -3.38. The first-order chi connectivity index (χ1) is 16.1. The maximum absolute atomic E-state index is 12.7. The van der Waals surface area contributed by atoms with E-state index in [1.54, 1.807) is 30.3 Å². The Bertz CT molecular complexity index is 1240.